The van der Waals surface area contributed by atoms with Gasteiger partial charge in [-0.1, -0.05) is 60.7 Å². The number of benzene rings is 3. The monoisotopic (exact) mass is 467 g/mol. The van der Waals surface area contributed by atoms with Crippen LogP contribution in [0.2, 0.25) is 0 Å². The number of aryl methyl sites for hydroxylation is 1. The molecule has 0 N–H and O–H groups in total. The van der Waals surface area contributed by atoms with E-state index >= 15 is 0 Å². The number of nitrogens with zero attached hydrogens (tertiary/aromatic N) is 3. The maximum absolute atomic E-state index is 14.2. The topological polar surface area (TPSA) is 70.6 Å². The van der Waals surface area contributed by atoms with E-state index in [0.29, 0.717) is 21.9 Å². The largest absolute Gasteiger partial charge is 0.272 e. The van der Waals surface area contributed by atoms with Gasteiger partial charge in [0.05, 0.1) is 22.5 Å². The molecule has 0 saturated heterocycles. The van der Waals surface area contributed by atoms with Crippen LogP contribution >= 0.6 is 11.3 Å². The molecule has 6 nitrogen and oxygen atoms in total. The van der Waals surface area contributed by atoms with E-state index in [9.17, 15) is 14.4 Å². The van der Waals surface area contributed by atoms with Gasteiger partial charge in [-0.15, -0.1) is 11.3 Å². The summed E-state index contributed by atoms with van der Waals surface area (Å²) in [7, 11) is 0. The number of rotatable bonds is 6. The summed E-state index contributed by atoms with van der Waals surface area (Å²) in [6, 6.07) is 24.2. The molecule has 2 heterocycles. The first-order valence-corrected chi connectivity index (χ1v) is 11.7. The van der Waals surface area contributed by atoms with E-state index in [1.54, 1.807) is 24.3 Å². The second-order valence-electron chi connectivity index (χ2n) is 8.01. The predicted molar refractivity (Wildman–Crippen MR) is 131 cm³/mol. The molecule has 1 aliphatic heterocycles. The van der Waals surface area contributed by atoms with Gasteiger partial charge in [0.1, 0.15) is 6.04 Å². The quantitative estimate of drug-likeness (QED) is 0.373. The molecule has 1 atom stereocenters. The van der Waals surface area contributed by atoms with Crippen LogP contribution in [0.4, 0.5) is 10.8 Å². The van der Waals surface area contributed by atoms with E-state index in [4.69, 9.17) is 0 Å². The van der Waals surface area contributed by atoms with Crippen LogP contribution in [0.5, 0.6) is 0 Å². The SMILES string of the molecule is Cc1csc(N(C(=O)C(Cc2ccccc2)N2C(=O)c3ccccc3C2=O)c2ccccc2)n1. The summed E-state index contributed by atoms with van der Waals surface area (Å²) in [6.45, 7) is 1.86. The Kier molecular flexibility index (Phi) is 5.77. The summed E-state index contributed by atoms with van der Waals surface area (Å²) in [4.78, 5) is 48.1. The first-order chi connectivity index (χ1) is 16.5. The Morgan fingerprint density at radius 2 is 1.44 bits per heavy atom. The smallest absolute Gasteiger partial charge is 0.262 e. The molecule has 34 heavy (non-hydrogen) atoms. The van der Waals surface area contributed by atoms with Crippen molar-refractivity contribution in [2.24, 2.45) is 0 Å². The van der Waals surface area contributed by atoms with Crippen LogP contribution in [-0.2, 0) is 11.2 Å². The molecular formula is C27H21N3O3S. The summed E-state index contributed by atoms with van der Waals surface area (Å²) in [5.41, 5.74) is 2.88. The number of amides is 3. The van der Waals surface area contributed by atoms with Gasteiger partial charge in [-0.3, -0.25) is 24.2 Å². The molecular weight excluding hydrogens is 446 g/mol. The minimum absolute atomic E-state index is 0.193. The molecule has 3 aromatic carbocycles. The summed E-state index contributed by atoms with van der Waals surface area (Å²) >= 11 is 1.34. The first kappa shape index (κ1) is 21.7. The Hall–Kier alpha value is -4.10. The Balaban J connectivity index is 1.61. The molecule has 1 aromatic heterocycles. The van der Waals surface area contributed by atoms with Crippen molar-refractivity contribution in [3.8, 4) is 0 Å². The van der Waals surface area contributed by atoms with Gasteiger partial charge in [0.15, 0.2) is 5.13 Å². The number of hydrogen-bond acceptors (Lipinski definition) is 5. The van der Waals surface area contributed by atoms with Crippen LogP contribution in [0.25, 0.3) is 0 Å². The number of para-hydroxylation sites is 1. The number of imide groups is 1. The van der Waals surface area contributed by atoms with Gasteiger partial charge in [-0.05, 0) is 36.8 Å². The number of carbonyl (C=O) groups is 3. The lowest BCUT2D eigenvalue weighted by molar-refractivity contribution is -0.121. The van der Waals surface area contributed by atoms with Crippen molar-refractivity contribution in [1.29, 1.82) is 0 Å². The van der Waals surface area contributed by atoms with Gasteiger partial charge in [-0.2, -0.15) is 0 Å². The van der Waals surface area contributed by atoms with Gasteiger partial charge in [0, 0.05) is 11.8 Å². The van der Waals surface area contributed by atoms with Gasteiger partial charge in [0.25, 0.3) is 17.7 Å². The lowest BCUT2D eigenvalue weighted by atomic mass is 10.0. The van der Waals surface area contributed by atoms with Crippen molar-refractivity contribution in [3.05, 3.63) is 113 Å². The number of hydrogen-bond donors (Lipinski definition) is 0. The summed E-state index contributed by atoms with van der Waals surface area (Å²) in [6.07, 6.45) is 0.193. The van der Waals surface area contributed by atoms with Crippen molar-refractivity contribution < 1.29 is 14.4 Å². The highest BCUT2D eigenvalue weighted by Crippen LogP contribution is 2.33. The van der Waals surface area contributed by atoms with E-state index in [1.807, 2.05) is 73.0 Å². The second kappa shape index (κ2) is 9.03. The average Bonchev–Trinajstić information content (AvgIpc) is 3.40. The summed E-state index contributed by atoms with van der Waals surface area (Å²) < 4.78 is 0. The molecule has 1 aliphatic rings. The van der Waals surface area contributed by atoms with E-state index < -0.39 is 17.9 Å². The van der Waals surface area contributed by atoms with Crippen LogP contribution in [0.1, 0.15) is 32.0 Å². The Morgan fingerprint density at radius 3 is 2.00 bits per heavy atom. The maximum atomic E-state index is 14.2. The third-order valence-electron chi connectivity index (χ3n) is 5.73. The Labute approximate surface area is 201 Å². The fourth-order valence-corrected chi connectivity index (χ4v) is 4.95. The van der Waals surface area contributed by atoms with Crippen LogP contribution in [0.15, 0.2) is 90.3 Å². The highest BCUT2D eigenvalue weighted by atomic mass is 32.1. The molecule has 1 unspecified atom stereocenters. The number of fused-ring (bicyclic) bond motifs is 1. The third-order valence-corrected chi connectivity index (χ3v) is 6.67. The van der Waals surface area contributed by atoms with Gasteiger partial charge >= 0.3 is 0 Å². The minimum Gasteiger partial charge on any atom is -0.272 e. The van der Waals surface area contributed by atoms with Crippen molar-refractivity contribution in [2.75, 3.05) is 4.90 Å². The van der Waals surface area contributed by atoms with Crippen molar-refractivity contribution >= 4 is 39.9 Å². The normalized spacial score (nSPS) is 13.6. The summed E-state index contributed by atoms with van der Waals surface area (Å²) in [5, 5.41) is 2.36. The zero-order chi connectivity index (χ0) is 23.7. The van der Waals surface area contributed by atoms with E-state index in [1.165, 1.54) is 16.2 Å². The zero-order valence-corrected chi connectivity index (χ0v) is 19.2. The standard InChI is InChI=1S/C27H21N3O3S/c1-18-17-34-27(28-18)29(20-12-6-3-7-13-20)26(33)23(16-19-10-4-2-5-11-19)30-24(31)21-14-8-9-15-22(21)25(30)32/h2-15,17,23H,16H2,1H3. The average molecular weight is 468 g/mol. The molecule has 7 heteroatoms. The number of thiazole rings is 1. The van der Waals surface area contributed by atoms with Crippen LogP contribution in [-0.4, -0.2) is 33.6 Å². The van der Waals surface area contributed by atoms with Crippen molar-refractivity contribution in [3.63, 3.8) is 0 Å². The molecule has 0 aliphatic carbocycles. The molecule has 4 aromatic rings. The minimum atomic E-state index is -1.04. The lowest BCUT2D eigenvalue weighted by Crippen LogP contribution is -2.51. The zero-order valence-electron chi connectivity index (χ0n) is 18.4. The van der Waals surface area contributed by atoms with E-state index in [-0.39, 0.29) is 12.3 Å². The van der Waals surface area contributed by atoms with Gasteiger partial charge in [0.2, 0.25) is 0 Å². The highest BCUT2D eigenvalue weighted by Gasteiger charge is 2.44. The second-order valence-corrected chi connectivity index (χ2v) is 8.85. The Morgan fingerprint density at radius 1 is 0.882 bits per heavy atom. The lowest BCUT2D eigenvalue weighted by Gasteiger charge is -2.30. The molecule has 0 radical (unpaired) electrons. The van der Waals surface area contributed by atoms with Crippen LogP contribution in [0.3, 0.4) is 0 Å². The molecule has 0 spiro atoms. The molecule has 0 bridgehead atoms. The molecule has 0 fully saturated rings. The van der Waals surface area contributed by atoms with Crippen LogP contribution < -0.4 is 4.90 Å². The fraction of sp³-hybridized carbons (Fsp3) is 0.111. The van der Waals surface area contributed by atoms with Gasteiger partial charge < -0.3 is 0 Å². The maximum Gasteiger partial charge on any atom is 0.262 e. The van der Waals surface area contributed by atoms with Crippen LogP contribution in [0, 0.1) is 6.92 Å². The third kappa shape index (κ3) is 3.91. The van der Waals surface area contributed by atoms with E-state index in [0.717, 1.165) is 16.2 Å². The predicted octanol–water partition coefficient (Wildman–Crippen LogP) is 5.02. The first-order valence-electron chi connectivity index (χ1n) is 10.9. The fourth-order valence-electron chi connectivity index (χ4n) is 4.12. The number of anilines is 2. The number of aromatic nitrogens is 1. The van der Waals surface area contributed by atoms with Gasteiger partial charge in [-0.25, -0.2) is 4.98 Å². The molecule has 0 saturated carbocycles. The van der Waals surface area contributed by atoms with E-state index in [2.05, 4.69) is 4.98 Å². The van der Waals surface area contributed by atoms with Crippen molar-refractivity contribution in [2.45, 2.75) is 19.4 Å². The molecule has 5 rings (SSSR count). The van der Waals surface area contributed by atoms with Crippen molar-refractivity contribution in [1.82, 2.24) is 9.88 Å². The highest BCUT2D eigenvalue weighted by molar-refractivity contribution is 7.14. The number of carbonyl (C=O) groups excluding carboxylic acids is 3. The molecule has 168 valence electrons. The summed E-state index contributed by atoms with van der Waals surface area (Å²) in [5.74, 6) is -1.31. The molecule has 3 amide bonds. The Bertz CT molecular complexity index is 1330.